The third-order valence-electron chi connectivity index (χ3n) is 2.88. The maximum atomic E-state index is 6.01. The Morgan fingerprint density at radius 2 is 2.00 bits per heavy atom. The molecule has 0 aliphatic carbocycles. The molecule has 1 heterocycles. The zero-order valence-electron chi connectivity index (χ0n) is 10.3. The standard InChI is InChI=1S/C14H14Cl2N2/c1-10-5-3-4-6-13(10)18(2)14-7-11(8-15)12(16)9-17-14/h3-7,9H,8H2,1-2H3. The number of aromatic nitrogens is 1. The van der Waals surface area contributed by atoms with Gasteiger partial charge in [-0.1, -0.05) is 29.8 Å². The second-order valence-electron chi connectivity index (χ2n) is 4.11. The molecule has 4 heteroatoms. The van der Waals surface area contributed by atoms with Crippen molar-refractivity contribution in [2.24, 2.45) is 0 Å². The van der Waals surface area contributed by atoms with Gasteiger partial charge < -0.3 is 4.90 Å². The maximum Gasteiger partial charge on any atom is 0.133 e. The average Bonchev–Trinajstić information content (AvgIpc) is 2.39. The monoisotopic (exact) mass is 280 g/mol. The fraction of sp³-hybridized carbons (Fsp3) is 0.214. The highest BCUT2D eigenvalue weighted by Crippen LogP contribution is 2.28. The fourth-order valence-corrected chi connectivity index (χ4v) is 2.28. The van der Waals surface area contributed by atoms with Crippen LogP contribution in [-0.2, 0) is 5.88 Å². The van der Waals surface area contributed by atoms with Crippen LogP contribution in [-0.4, -0.2) is 12.0 Å². The predicted molar refractivity (Wildman–Crippen MR) is 78.0 cm³/mol. The van der Waals surface area contributed by atoms with Crippen molar-refractivity contribution in [2.75, 3.05) is 11.9 Å². The quantitative estimate of drug-likeness (QED) is 0.767. The molecule has 0 spiro atoms. The van der Waals surface area contributed by atoms with Crippen molar-refractivity contribution in [1.29, 1.82) is 0 Å². The van der Waals surface area contributed by atoms with Gasteiger partial charge >= 0.3 is 0 Å². The van der Waals surface area contributed by atoms with Crippen molar-refractivity contribution in [2.45, 2.75) is 12.8 Å². The van der Waals surface area contributed by atoms with Crippen molar-refractivity contribution < 1.29 is 0 Å². The number of hydrogen-bond acceptors (Lipinski definition) is 2. The fourth-order valence-electron chi connectivity index (χ4n) is 1.82. The predicted octanol–water partition coefficient (Wildman–Crippen LogP) is 4.55. The molecular weight excluding hydrogens is 267 g/mol. The van der Waals surface area contributed by atoms with Crippen LogP contribution in [0, 0.1) is 6.92 Å². The molecule has 2 rings (SSSR count). The Kier molecular flexibility index (Phi) is 4.10. The molecule has 18 heavy (non-hydrogen) atoms. The normalized spacial score (nSPS) is 10.4. The minimum Gasteiger partial charge on any atom is -0.329 e. The molecule has 0 saturated heterocycles. The first-order chi connectivity index (χ1) is 8.63. The van der Waals surface area contributed by atoms with Gasteiger partial charge in [0.2, 0.25) is 0 Å². The van der Waals surface area contributed by atoms with Gasteiger partial charge in [-0.25, -0.2) is 4.98 Å². The molecule has 94 valence electrons. The van der Waals surface area contributed by atoms with E-state index in [0.717, 1.165) is 17.1 Å². The van der Waals surface area contributed by atoms with Crippen LogP contribution in [0.3, 0.4) is 0 Å². The molecule has 2 aromatic rings. The number of pyridine rings is 1. The molecule has 0 aliphatic heterocycles. The van der Waals surface area contributed by atoms with E-state index in [2.05, 4.69) is 24.0 Å². The van der Waals surface area contributed by atoms with E-state index >= 15 is 0 Å². The lowest BCUT2D eigenvalue weighted by Crippen LogP contribution is -2.12. The topological polar surface area (TPSA) is 16.1 Å². The number of anilines is 2. The average molecular weight is 281 g/mol. The van der Waals surface area contributed by atoms with Gasteiger partial charge in [0.1, 0.15) is 5.82 Å². The van der Waals surface area contributed by atoms with Crippen LogP contribution in [0.4, 0.5) is 11.5 Å². The number of benzene rings is 1. The Bertz CT molecular complexity index is 555. The summed E-state index contributed by atoms with van der Waals surface area (Å²) >= 11 is 11.9. The van der Waals surface area contributed by atoms with Gasteiger partial charge in [-0.3, -0.25) is 0 Å². The Hall–Kier alpha value is -1.25. The first-order valence-electron chi connectivity index (χ1n) is 5.63. The number of hydrogen-bond donors (Lipinski definition) is 0. The third kappa shape index (κ3) is 2.60. The zero-order chi connectivity index (χ0) is 13.1. The van der Waals surface area contributed by atoms with Crippen LogP contribution >= 0.6 is 23.2 Å². The van der Waals surface area contributed by atoms with Crippen LogP contribution in [0.5, 0.6) is 0 Å². The number of aryl methyl sites for hydroxylation is 1. The van der Waals surface area contributed by atoms with E-state index in [9.17, 15) is 0 Å². The SMILES string of the molecule is Cc1ccccc1N(C)c1cc(CCl)c(Cl)cn1. The summed E-state index contributed by atoms with van der Waals surface area (Å²) in [5, 5.41) is 0.604. The van der Waals surface area contributed by atoms with Crippen LogP contribution in [0.1, 0.15) is 11.1 Å². The summed E-state index contributed by atoms with van der Waals surface area (Å²) < 4.78 is 0. The summed E-state index contributed by atoms with van der Waals surface area (Å²) in [4.78, 5) is 6.37. The van der Waals surface area contributed by atoms with Gasteiger partial charge in [0.15, 0.2) is 0 Å². The zero-order valence-corrected chi connectivity index (χ0v) is 11.8. The molecule has 1 aromatic heterocycles. The van der Waals surface area contributed by atoms with Crippen LogP contribution in [0.2, 0.25) is 5.02 Å². The van der Waals surface area contributed by atoms with Crippen molar-refractivity contribution in [3.05, 3.63) is 52.7 Å². The largest absolute Gasteiger partial charge is 0.329 e. The number of para-hydroxylation sites is 1. The molecule has 0 atom stereocenters. The molecule has 0 aliphatic rings. The Morgan fingerprint density at radius 3 is 2.67 bits per heavy atom. The van der Waals surface area contributed by atoms with Crippen molar-refractivity contribution >= 4 is 34.7 Å². The summed E-state index contributed by atoms with van der Waals surface area (Å²) in [5.74, 6) is 1.22. The number of halogens is 2. The lowest BCUT2D eigenvalue weighted by Gasteiger charge is -2.21. The number of alkyl halides is 1. The molecule has 0 N–H and O–H groups in total. The summed E-state index contributed by atoms with van der Waals surface area (Å²) in [6.07, 6.45) is 1.64. The summed E-state index contributed by atoms with van der Waals surface area (Å²) in [6.45, 7) is 2.07. The minimum absolute atomic E-state index is 0.385. The molecule has 2 nitrogen and oxygen atoms in total. The maximum absolute atomic E-state index is 6.01. The van der Waals surface area contributed by atoms with E-state index < -0.39 is 0 Å². The molecule has 0 fully saturated rings. The van der Waals surface area contributed by atoms with Gasteiger partial charge in [0, 0.05) is 24.8 Å². The summed E-state index contributed by atoms with van der Waals surface area (Å²) in [7, 11) is 1.98. The van der Waals surface area contributed by atoms with Gasteiger partial charge in [0.05, 0.1) is 5.02 Å². The molecule has 0 bridgehead atoms. The number of rotatable bonds is 3. The van der Waals surface area contributed by atoms with Gasteiger partial charge in [-0.15, -0.1) is 11.6 Å². The van der Waals surface area contributed by atoms with Crippen LogP contribution < -0.4 is 4.90 Å². The van der Waals surface area contributed by atoms with Gasteiger partial charge in [0.25, 0.3) is 0 Å². The van der Waals surface area contributed by atoms with Crippen molar-refractivity contribution in [3.63, 3.8) is 0 Å². The second-order valence-corrected chi connectivity index (χ2v) is 4.79. The molecular formula is C14H14Cl2N2. The van der Waals surface area contributed by atoms with E-state index in [1.165, 1.54) is 5.56 Å². The van der Waals surface area contributed by atoms with Crippen molar-refractivity contribution in [1.82, 2.24) is 4.98 Å². The Balaban J connectivity index is 2.40. The van der Waals surface area contributed by atoms with Crippen LogP contribution in [0.15, 0.2) is 36.5 Å². The Labute approximate surface area is 117 Å². The van der Waals surface area contributed by atoms with Gasteiger partial charge in [-0.05, 0) is 30.2 Å². The second kappa shape index (κ2) is 5.59. The number of nitrogens with zero attached hydrogens (tertiary/aromatic N) is 2. The molecule has 0 saturated carbocycles. The van der Waals surface area contributed by atoms with E-state index in [-0.39, 0.29) is 0 Å². The highest BCUT2D eigenvalue weighted by molar-refractivity contribution is 6.32. The highest BCUT2D eigenvalue weighted by Gasteiger charge is 2.09. The molecule has 1 aromatic carbocycles. The highest BCUT2D eigenvalue weighted by atomic mass is 35.5. The molecule has 0 unspecified atom stereocenters. The lowest BCUT2D eigenvalue weighted by atomic mass is 10.2. The summed E-state index contributed by atoms with van der Waals surface area (Å²) in [6, 6.07) is 10.1. The van der Waals surface area contributed by atoms with E-state index in [4.69, 9.17) is 23.2 Å². The molecule has 0 radical (unpaired) electrons. The minimum atomic E-state index is 0.385. The van der Waals surface area contributed by atoms with Gasteiger partial charge in [-0.2, -0.15) is 0 Å². The van der Waals surface area contributed by atoms with E-state index in [1.807, 2.05) is 30.1 Å². The Morgan fingerprint density at radius 1 is 1.28 bits per heavy atom. The smallest absolute Gasteiger partial charge is 0.133 e. The van der Waals surface area contributed by atoms with Crippen molar-refractivity contribution in [3.8, 4) is 0 Å². The first-order valence-corrected chi connectivity index (χ1v) is 6.54. The third-order valence-corrected chi connectivity index (χ3v) is 3.51. The summed E-state index contributed by atoms with van der Waals surface area (Å²) in [5.41, 5.74) is 3.21. The first kappa shape index (κ1) is 13.2. The molecule has 0 amide bonds. The van der Waals surface area contributed by atoms with E-state index in [0.29, 0.717) is 10.9 Å². The lowest BCUT2D eigenvalue weighted by molar-refractivity contribution is 1.10. The van der Waals surface area contributed by atoms with Crippen LogP contribution in [0.25, 0.3) is 0 Å². The van der Waals surface area contributed by atoms with E-state index in [1.54, 1.807) is 6.20 Å².